The van der Waals surface area contributed by atoms with Crippen molar-refractivity contribution in [1.29, 1.82) is 0 Å². The summed E-state index contributed by atoms with van der Waals surface area (Å²) in [6.07, 6.45) is 3.96. The minimum atomic E-state index is -3.50. The quantitative estimate of drug-likeness (QED) is 0.610. The number of thiocarbonyl (C=S) groups is 1. The summed E-state index contributed by atoms with van der Waals surface area (Å²) in [5, 5.41) is 5.66. The Bertz CT molecular complexity index is 1030. The van der Waals surface area contributed by atoms with Crippen LogP contribution in [0.3, 0.4) is 0 Å². The van der Waals surface area contributed by atoms with Crippen LogP contribution in [0.4, 0.5) is 5.69 Å². The van der Waals surface area contributed by atoms with Crippen molar-refractivity contribution < 1.29 is 17.9 Å². The lowest BCUT2D eigenvalue weighted by atomic mass is 10.2. The van der Waals surface area contributed by atoms with Gasteiger partial charge in [-0.05, 0) is 87.4 Å². The topological polar surface area (TPSA) is 87.7 Å². The third kappa shape index (κ3) is 6.51. The number of amides is 1. The van der Waals surface area contributed by atoms with Crippen LogP contribution in [0.15, 0.2) is 53.4 Å². The molecule has 172 valence electrons. The van der Waals surface area contributed by atoms with E-state index in [1.807, 2.05) is 13.8 Å². The summed E-state index contributed by atoms with van der Waals surface area (Å²) in [5.74, 6) is 0.339. The number of benzene rings is 2. The average molecular weight is 476 g/mol. The monoisotopic (exact) mass is 475 g/mol. The van der Waals surface area contributed by atoms with Gasteiger partial charge in [0.2, 0.25) is 10.0 Å². The molecule has 32 heavy (non-hydrogen) atoms. The summed E-state index contributed by atoms with van der Waals surface area (Å²) in [7, 11) is -3.50. The van der Waals surface area contributed by atoms with E-state index in [2.05, 4.69) is 10.6 Å². The fraction of sp³-hybridized carbons (Fsp3) is 0.391. The van der Waals surface area contributed by atoms with E-state index in [0.29, 0.717) is 30.1 Å². The Kier molecular flexibility index (Phi) is 8.22. The Balaban J connectivity index is 1.57. The van der Waals surface area contributed by atoms with Crippen LogP contribution in [0.5, 0.6) is 5.75 Å². The Morgan fingerprint density at radius 1 is 0.969 bits per heavy atom. The summed E-state index contributed by atoms with van der Waals surface area (Å²) in [6.45, 7) is 4.98. The lowest BCUT2D eigenvalue weighted by molar-refractivity contribution is 0.0977. The number of nitrogens with one attached hydrogen (secondary N) is 2. The zero-order valence-electron chi connectivity index (χ0n) is 18.3. The molecule has 1 heterocycles. The van der Waals surface area contributed by atoms with Gasteiger partial charge in [0.05, 0.1) is 11.0 Å². The first-order chi connectivity index (χ1) is 15.3. The maximum absolute atomic E-state index is 12.9. The van der Waals surface area contributed by atoms with Gasteiger partial charge in [0.1, 0.15) is 5.75 Å². The summed E-state index contributed by atoms with van der Waals surface area (Å²) < 4.78 is 32.9. The third-order valence-electron chi connectivity index (χ3n) is 5.03. The fourth-order valence-corrected chi connectivity index (χ4v) is 5.16. The lowest BCUT2D eigenvalue weighted by Gasteiger charge is -2.20. The molecule has 0 atom stereocenters. The number of sulfonamides is 1. The van der Waals surface area contributed by atoms with E-state index >= 15 is 0 Å². The summed E-state index contributed by atoms with van der Waals surface area (Å²) >= 11 is 5.22. The molecule has 0 spiro atoms. The molecule has 2 aromatic rings. The molecule has 0 unspecified atom stereocenters. The number of carbonyl (C=O) groups is 1. The van der Waals surface area contributed by atoms with Crippen LogP contribution in [0.2, 0.25) is 0 Å². The van der Waals surface area contributed by atoms with Crippen molar-refractivity contribution in [3.8, 4) is 5.75 Å². The summed E-state index contributed by atoms with van der Waals surface area (Å²) in [5.41, 5.74) is 1.04. The molecule has 2 N–H and O–H groups in total. The molecule has 0 aliphatic carbocycles. The van der Waals surface area contributed by atoms with Gasteiger partial charge in [-0.2, -0.15) is 4.31 Å². The van der Waals surface area contributed by atoms with E-state index in [-0.39, 0.29) is 22.0 Å². The van der Waals surface area contributed by atoms with Gasteiger partial charge in [0.15, 0.2) is 5.11 Å². The molecule has 1 aliphatic heterocycles. The largest absolute Gasteiger partial charge is 0.491 e. The van der Waals surface area contributed by atoms with Crippen LogP contribution in [0.1, 0.15) is 49.9 Å². The SMILES string of the molecule is CC(C)Oc1ccc(C(=O)NC(=S)Nc2ccc(S(=O)(=O)N3CCCCCC3)cc2)cc1. The number of ether oxygens (including phenoxy) is 1. The van der Waals surface area contributed by atoms with Gasteiger partial charge >= 0.3 is 0 Å². The van der Waals surface area contributed by atoms with Crippen molar-refractivity contribution in [2.45, 2.75) is 50.5 Å². The average Bonchev–Trinajstić information content (AvgIpc) is 3.04. The standard InChI is InChI=1S/C23H29N3O4S2/c1-17(2)30-20-11-7-18(8-12-20)22(27)25-23(31)24-19-9-13-21(14-10-19)32(28,29)26-15-5-3-4-6-16-26/h7-14,17H,3-6,15-16H2,1-2H3,(H2,24,25,27,31). The zero-order chi connectivity index (χ0) is 23.1. The van der Waals surface area contributed by atoms with Crippen molar-refractivity contribution in [2.24, 2.45) is 0 Å². The highest BCUT2D eigenvalue weighted by molar-refractivity contribution is 7.89. The maximum Gasteiger partial charge on any atom is 0.257 e. The molecule has 7 nitrogen and oxygen atoms in total. The highest BCUT2D eigenvalue weighted by atomic mass is 32.2. The Labute approximate surface area is 195 Å². The molecule has 0 radical (unpaired) electrons. The molecule has 1 aliphatic rings. The van der Waals surface area contributed by atoms with Gasteiger partial charge in [0.25, 0.3) is 5.91 Å². The maximum atomic E-state index is 12.9. The van der Waals surface area contributed by atoms with Crippen molar-refractivity contribution in [2.75, 3.05) is 18.4 Å². The summed E-state index contributed by atoms with van der Waals surface area (Å²) in [4.78, 5) is 12.7. The number of nitrogens with zero attached hydrogens (tertiary/aromatic N) is 1. The first-order valence-corrected chi connectivity index (χ1v) is 12.6. The minimum Gasteiger partial charge on any atom is -0.491 e. The van der Waals surface area contributed by atoms with Crippen LogP contribution < -0.4 is 15.4 Å². The van der Waals surface area contributed by atoms with Crippen molar-refractivity contribution in [3.05, 3.63) is 54.1 Å². The van der Waals surface area contributed by atoms with Gasteiger partial charge in [-0.25, -0.2) is 8.42 Å². The molecule has 1 fully saturated rings. The normalized spacial score (nSPS) is 15.1. The number of carbonyl (C=O) groups excluding carboxylic acids is 1. The minimum absolute atomic E-state index is 0.0529. The van der Waals surface area contributed by atoms with Crippen molar-refractivity contribution >= 4 is 38.9 Å². The fourth-order valence-electron chi connectivity index (χ4n) is 3.44. The predicted molar refractivity (Wildman–Crippen MR) is 130 cm³/mol. The van der Waals surface area contributed by atoms with Gasteiger partial charge in [-0.3, -0.25) is 10.1 Å². The second-order valence-corrected chi connectivity index (χ2v) is 10.3. The first-order valence-electron chi connectivity index (χ1n) is 10.7. The van der Waals surface area contributed by atoms with E-state index in [9.17, 15) is 13.2 Å². The predicted octanol–water partition coefficient (Wildman–Crippen LogP) is 4.17. The number of hydrogen-bond donors (Lipinski definition) is 2. The summed E-state index contributed by atoms with van der Waals surface area (Å²) in [6, 6.07) is 13.2. The molecule has 0 bridgehead atoms. The molecule has 9 heteroatoms. The highest BCUT2D eigenvalue weighted by Gasteiger charge is 2.25. The van der Waals surface area contributed by atoms with Gasteiger partial charge in [0, 0.05) is 24.3 Å². The van der Waals surface area contributed by atoms with Crippen LogP contribution in [-0.2, 0) is 10.0 Å². The van der Waals surface area contributed by atoms with E-state index in [1.165, 1.54) is 0 Å². The molecular formula is C23H29N3O4S2. The number of hydrogen-bond acceptors (Lipinski definition) is 5. The molecule has 1 saturated heterocycles. The van der Waals surface area contributed by atoms with Crippen LogP contribution >= 0.6 is 12.2 Å². The van der Waals surface area contributed by atoms with Crippen molar-refractivity contribution in [1.82, 2.24) is 9.62 Å². The third-order valence-corrected chi connectivity index (χ3v) is 7.15. The Morgan fingerprint density at radius 3 is 2.12 bits per heavy atom. The zero-order valence-corrected chi connectivity index (χ0v) is 20.0. The highest BCUT2D eigenvalue weighted by Crippen LogP contribution is 2.22. The number of anilines is 1. The van der Waals surface area contributed by atoms with Crippen molar-refractivity contribution in [3.63, 3.8) is 0 Å². The second kappa shape index (κ2) is 10.9. The smallest absolute Gasteiger partial charge is 0.257 e. The Morgan fingerprint density at radius 2 is 1.56 bits per heavy atom. The molecule has 3 rings (SSSR count). The lowest BCUT2D eigenvalue weighted by Crippen LogP contribution is -2.34. The second-order valence-electron chi connectivity index (χ2n) is 7.94. The van der Waals surface area contributed by atoms with E-state index in [1.54, 1.807) is 52.8 Å². The molecule has 1 amide bonds. The van der Waals surface area contributed by atoms with Gasteiger partial charge in [-0.15, -0.1) is 0 Å². The Hall–Kier alpha value is -2.49. The molecule has 2 aromatic carbocycles. The van der Waals surface area contributed by atoms with Gasteiger partial charge < -0.3 is 10.1 Å². The first kappa shape index (κ1) is 24.2. The molecular weight excluding hydrogens is 446 g/mol. The molecule has 0 saturated carbocycles. The van der Waals surface area contributed by atoms with E-state index in [4.69, 9.17) is 17.0 Å². The van der Waals surface area contributed by atoms with Crippen LogP contribution in [0.25, 0.3) is 0 Å². The van der Waals surface area contributed by atoms with Gasteiger partial charge in [-0.1, -0.05) is 12.8 Å². The van der Waals surface area contributed by atoms with E-state index < -0.39 is 10.0 Å². The number of rotatable bonds is 6. The molecule has 0 aromatic heterocycles. The van der Waals surface area contributed by atoms with E-state index in [0.717, 1.165) is 25.7 Å². The van der Waals surface area contributed by atoms with Crippen LogP contribution in [-0.4, -0.2) is 42.9 Å². The van der Waals surface area contributed by atoms with Crippen LogP contribution in [0, 0.1) is 0 Å².